The fraction of sp³-hybridized carbons (Fsp3) is 0.286. The molecule has 1 aliphatic heterocycles. The second-order valence-corrected chi connectivity index (χ2v) is 4.61. The molecular weight excluding hydrogens is 214 g/mol. The van der Waals surface area contributed by atoms with Crippen LogP contribution in [0, 0.1) is 0 Å². The summed E-state index contributed by atoms with van der Waals surface area (Å²) in [6.45, 7) is 4.40. The number of anilines is 1. The summed E-state index contributed by atoms with van der Waals surface area (Å²) < 4.78 is 0. The summed E-state index contributed by atoms with van der Waals surface area (Å²) in [5.74, 6) is 0. The van der Waals surface area contributed by atoms with Crippen LogP contribution < -0.4 is 4.90 Å². The molecule has 3 heteroatoms. The normalized spacial score (nSPS) is 19.2. The van der Waals surface area contributed by atoms with E-state index in [2.05, 4.69) is 13.8 Å². The van der Waals surface area contributed by atoms with Crippen molar-refractivity contribution in [3.8, 4) is 0 Å². The van der Waals surface area contributed by atoms with E-state index in [9.17, 15) is 9.59 Å². The minimum atomic E-state index is -0.236. The molecule has 0 radical (unpaired) electrons. The molecule has 0 unspecified atom stereocenters. The zero-order valence-electron chi connectivity index (χ0n) is 10.0. The Morgan fingerprint density at radius 3 is 2.59 bits per heavy atom. The minimum absolute atomic E-state index is 0.236. The van der Waals surface area contributed by atoms with Gasteiger partial charge < -0.3 is 9.69 Å². The second-order valence-electron chi connectivity index (χ2n) is 4.61. The van der Waals surface area contributed by atoms with E-state index in [1.165, 1.54) is 0 Å². The summed E-state index contributed by atoms with van der Waals surface area (Å²) >= 11 is 0. The Kier molecular flexibility index (Phi) is 2.84. The minimum Gasteiger partial charge on any atom is -0.337 e. The van der Waals surface area contributed by atoms with Crippen LogP contribution in [0.5, 0.6) is 0 Å². The Morgan fingerprint density at radius 2 is 1.94 bits per heavy atom. The van der Waals surface area contributed by atoms with Crippen molar-refractivity contribution >= 4 is 18.3 Å². The Labute approximate surface area is 101 Å². The summed E-state index contributed by atoms with van der Waals surface area (Å²) in [7, 11) is 0. The lowest BCUT2D eigenvalue weighted by Gasteiger charge is -2.24. The van der Waals surface area contributed by atoms with Gasteiger partial charge in [-0.1, -0.05) is 32.0 Å². The molecule has 17 heavy (non-hydrogen) atoms. The first-order valence-electron chi connectivity index (χ1n) is 5.59. The van der Waals surface area contributed by atoms with Crippen LogP contribution in [0.1, 0.15) is 19.4 Å². The van der Waals surface area contributed by atoms with Gasteiger partial charge in [0.2, 0.25) is 0 Å². The summed E-state index contributed by atoms with van der Waals surface area (Å²) in [5, 5.41) is 0. The van der Waals surface area contributed by atoms with Crippen molar-refractivity contribution in [1.82, 2.24) is 0 Å². The summed E-state index contributed by atoms with van der Waals surface area (Å²) in [6.07, 6.45) is 3.18. The number of aldehydes is 2. The quantitative estimate of drug-likeness (QED) is 0.588. The van der Waals surface area contributed by atoms with E-state index in [0.717, 1.165) is 29.5 Å². The van der Waals surface area contributed by atoms with Gasteiger partial charge in [-0.2, -0.15) is 0 Å². The molecule has 0 N–H and O–H groups in total. The number of carbonyl (C=O) groups excluding carboxylic acids is 2. The number of para-hydroxylation sites is 1. The zero-order chi connectivity index (χ0) is 12.5. The van der Waals surface area contributed by atoms with Crippen molar-refractivity contribution in [3.05, 3.63) is 41.6 Å². The number of benzene rings is 1. The third kappa shape index (κ3) is 1.68. The molecule has 0 saturated heterocycles. The van der Waals surface area contributed by atoms with E-state index >= 15 is 0 Å². The highest BCUT2D eigenvalue weighted by Crippen LogP contribution is 2.46. The predicted molar refractivity (Wildman–Crippen MR) is 67.0 cm³/mol. The Bertz CT molecular complexity index is 489. The third-order valence-electron chi connectivity index (χ3n) is 3.28. The van der Waals surface area contributed by atoms with Crippen LogP contribution in [0.2, 0.25) is 0 Å². The highest BCUT2D eigenvalue weighted by molar-refractivity contribution is 5.79. The van der Waals surface area contributed by atoms with Gasteiger partial charge in [0, 0.05) is 16.8 Å². The Hall–Kier alpha value is -1.90. The number of fused-ring (bicyclic) bond motifs is 1. The van der Waals surface area contributed by atoms with Crippen LogP contribution in [-0.2, 0) is 15.0 Å². The standard InChI is InChI=1S/C14H15NO2/c1-14(2)11-5-3-4-6-12(11)15(8-10-17)13(14)7-9-16/h3-7,9-10H,8H2,1-2H3. The van der Waals surface area contributed by atoms with Crippen LogP contribution in [0.15, 0.2) is 36.0 Å². The number of allylic oxidation sites excluding steroid dienone is 2. The van der Waals surface area contributed by atoms with E-state index in [1.807, 2.05) is 29.2 Å². The first-order valence-corrected chi connectivity index (χ1v) is 5.59. The van der Waals surface area contributed by atoms with Gasteiger partial charge in [0.1, 0.15) is 12.6 Å². The van der Waals surface area contributed by atoms with Gasteiger partial charge in [0.05, 0.1) is 6.54 Å². The Morgan fingerprint density at radius 1 is 1.24 bits per heavy atom. The fourth-order valence-corrected chi connectivity index (χ4v) is 2.48. The molecule has 0 aromatic heterocycles. The van der Waals surface area contributed by atoms with E-state index in [-0.39, 0.29) is 12.0 Å². The maximum absolute atomic E-state index is 10.8. The number of hydrogen-bond donors (Lipinski definition) is 0. The molecule has 1 aromatic rings. The van der Waals surface area contributed by atoms with Gasteiger partial charge in [-0.25, -0.2) is 0 Å². The summed E-state index contributed by atoms with van der Waals surface area (Å²) in [6, 6.07) is 7.94. The van der Waals surface area contributed by atoms with Gasteiger partial charge in [-0.15, -0.1) is 0 Å². The van der Waals surface area contributed by atoms with Crippen molar-refractivity contribution in [2.45, 2.75) is 19.3 Å². The molecule has 88 valence electrons. The average Bonchev–Trinajstić information content (AvgIpc) is 2.52. The van der Waals surface area contributed by atoms with Crippen LogP contribution in [0.3, 0.4) is 0 Å². The van der Waals surface area contributed by atoms with Crippen molar-refractivity contribution in [2.24, 2.45) is 0 Å². The van der Waals surface area contributed by atoms with E-state index in [4.69, 9.17) is 0 Å². The van der Waals surface area contributed by atoms with Crippen molar-refractivity contribution in [1.29, 1.82) is 0 Å². The summed E-state index contributed by atoms with van der Waals surface area (Å²) in [4.78, 5) is 23.4. The molecular formula is C14H15NO2. The van der Waals surface area contributed by atoms with Gasteiger partial charge >= 0.3 is 0 Å². The zero-order valence-corrected chi connectivity index (χ0v) is 10.0. The number of carbonyl (C=O) groups is 2. The van der Waals surface area contributed by atoms with E-state index in [1.54, 1.807) is 6.08 Å². The fourth-order valence-electron chi connectivity index (χ4n) is 2.48. The highest BCUT2D eigenvalue weighted by atomic mass is 16.1. The van der Waals surface area contributed by atoms with Crippen molar-refractivity contribution in [3.63, 3.8) is 0 Å². The monoisotopic (exact) mass is 229 g/mol. The molecule has 0 aliphatic carbocycles. The molecule has 0 bridgehead atoms. The molecule has 0 atom stereocenters. The van der Waals surface area contributed by atoms with Gasteiger partial charge in [0.25, 0.3) is 0 Å². The lowest BCUT2D eigenvalue weighted by molar-refractivity contribution is -0.107. The van der Waals surface area contributed by atoms with E-state index in [0.29, 0.717) is 0 Å². The topological polar surface area (TPSA) is 37.4 Å². The van der Waals surface area contributed by atoms with E-state index < -0.39 is 0 Å². The molecule has 1 heterocycles. The van der Waals surface area contributed by atoms with Crippen molar-refractivity contribution < 1.29 is 9.59 Å². The lowest BCUT2D eigenvalue weighted by atomic mass is 9.84. The van der Waals surface area contributed by atoms with Crippen molar-refractivity contribution in [2.75, 3.05) is 11.4 Å². The van der Waals surface area contributed by atoms with Gasteiger partial charge in [-0.3, -0.25) is 4.79 Å². The van der Waals surface area contributed by atoms with Crippen LogP contribution in [-0.4, -0.2) is 19.1 Å². The smallest absolute Gasteiger partial charge is 0.144 e. The first kappa shape index (κ1) is 11.6. The third-order valence-corrected chi connectivity index (χ3v) is 3.28. The largest absolute Gasteiger partial charge is 0.337 e. The molecule has 3 nitrogen and oxygen atoms in total. The highest BCUT2D eigenvalue weighted by Gasteiger charge is 2.39. The van der Waals surface area contributed by atoms with Crippen LogP contribution >= 0.6 is 0 Å². The molecule has 1 aliphatic rings. The molecule has 0 spiro atoms. The van der Waals surface area contributed by atoms with Crippen LogP contribution in [0.4, 0.5) is 5.69 Å². The number of rotatable bonds is 3. The number of hydrogen-bond acceptors (Lipinski definition) is 3. The average molecular weight is 229 g/mol. The molecule has 2 rings (SSSR count). The lowest BCUT2D eigenvalue weighted by Crippen LogP contribution is -2.27. The Balaban J connectivity index is 2.62. The van der Waals surface area contributed by atoms with Gasteiger partial charge in [-0.05, 0) is 17.7 Å². The summed E-state index contributed by atoms with van der Waals surface area (Å²) in [5.41, 5.74) is 2.80. The van der Waals surface area contributed by atoms with Gasteiger partial charge in [0.15, 0.2) is 0 Å². The second kappa shape index (κ2) is 4.17. The maximum atomic E-state index is 10.8. The molecule has 1 aromatic carbocycles. The molecule has 0 amide bonds. The molecule has 0 saturated carbocycles. The molecule has 0 fully saturated rings. The maximum Gasteiger partial charge on any atom is 0.144 e. The number of nitrogens with zero attached hydrogens (tertiary/aromatic N) is 1. The first-order chi connectivity index (χ1) is 8.12. The SMILES string of the molecule is CC1(C)C(=CC=O)N(CC=O)c2ccccc21. The predicted octanol–water partition coefficient (Wildman–Crippen LogP) is 2.07. The van der Waals surface area contributed by atoms with Crippen LogP contribution in [0.25, 0.3) is 0 Å².